The molecule has 0 aliphatic carbocycles. The molecule has 2 rings (SSSR count). The maximum atomic E-state index is 10.6. The molecule has 72 valence electrons. The molecular formula is C9H8N2O3. The Labute approximate surface area is 79.4 Å². The van der Waals surface area contributed by atoms with Gasteiger partial charge in [0.1, 0.15) is 0 Å². The molecule has 0 aromatic carbocycles. The monoisotopic (exact) mass is 192 g/mol. The highest BCUT2D eigenvalue weighted by Gasteiger charge is 2.10. The van der Waals surface area contributed by atoms with Gasteiger partial charge < -0.3 is 14.8 Å². The van der Waals surface area contributed by atoms with Crippen LogP contribution < -0.4 is 5.32 Å². The number of carboxylic acid groups (broad SMARTS) is 1. The Morgan fingerprint density at radius 3 is 3.00 bits per heavy atom. The van der Waals surface area contributed by atoms with Crippen LogP contribution in [0.25, 0.3) is 11.1 Å². The molecule has 0 saturated carbocycles. The lowest BCUT2D eigenvalue weighted by Crippen LogP contribution is -1.91. The Balaban J connectivity index is 2.60. The third-order valence-electron chi connectivity index (χ3n) is 1.87. The number of aromatic carboxylic acids is 1. The fourth-order valence-electron chi connectivity index (χ4n) is 1.17. The van der Waals surface area contributed by atoms with Crippen molar-refractivity contribution in [3.63, 3.8) is 0 Å². The molecular weight excluding hydrogens is 184 g/mol. The molecule has 0 aliphatic rings. The van der Waals surface area contributed by atoms with Gasteiger partial charge in [-0.15, -0.1) is 0 Å². The highest BCUT2D eigenvalue weighted by Crippen LogP contribution is 2.20. The number of furan rings is 1. The molecule has 0 fully saturated rings. The first-order valence-electron chi connectivity index (χ1n) is 4.01. The third-order valence-corrected chi connectivity index (χ3v) is 1.87. The first kappa shape index (κ1) is 8.55. The average Bonchev–Trinajstić information content (AvgIpc) is 2.59. The number of aromatic nitrogens is 1. The smallest absolute Gasteiger partial charge is 0.371 e. The summed E-state index contributed by atoms with van der Waals surface area (Å²) in [6, 6.07) is 3.23. The van der Waals surface area contributed by atoms with Crippen LogP contribution in [-0.4, -0.2) is 23.1 Å². The minimum Gasteiger partial charge on any atom is -0.475 e. The number of carboxylic acids is 1. The Kier molecular flexibility index (Phi) is 1.85. The summed E-state index contributed by atoms with van der Waals surface area (Å²) in [5.74, 6) is -1.19. The molecule has 0 amide bonds. The van der Waals surface area contributed by atoms with E-state index in [4.69, 9.17) is 9.52 Å². The first-order chi connectivity index (χ1) is 6.70. The minimum absolute atomic E-state index is 0.0965. The fraction of sp³-hybridized carbons (Fsp3) is 0.111. The van der Waals surface area contributed by atoms with Crippen molar-refractivity contribution in [1.82, 2.24) is 4.98 Å². The van der Waals surface area contributed by atoms with E-state index in [1.54, 1.807) is 19.3 Å². The summed E-state index contributed by atoms with van der Waals surface area (Å²) in [7, 11) is 1.76. The minimum atomic E-state index is -1.09. The number of hydrogen-bond acceptors (Lipinski definition) is 4. The van der Waals surface area contributed by atoms with Crippen molar-refractivity contribution in [1.29, 1.82) is 0 Å². The molecule has 14 heavy (non-hydrogen) atoms. The number of fused-ring (bicyclic) bond motifs is 1. The number of nitrogens with zero attached hydrogens (tertiary/aromatic N) is 1. The fourth-order valence-corrected chi connectivity index (χ4v) is 1.17. The van der Waals surface area contributed by atoms with Gasteiger partial charge in [0, 0.05) is 18.5 Å². The lowest BCUT2D eigenvalue weighted by Gasteiger charge is -1.95. The number of pyridine rings is 1. The van der Waals surface area contributed by atoms with Crippen LogP contribution in [0.5, 0.6) is 0 Å². The van der Waals surface area contributed by atoms with Gasteiger partial charge in [0.25, 0.3) is 0 Å². The second-order valence-electron chi connectivity index (χ2n) is 2.78. The average molecular weight is 192 g/mol. The van der Waals surface area contributed by atoms with E-state index in [1.807, 2.05) is 0 Å². The summed E-state index contributed by atoms with van der Waals surface area (Å²) < 4.78 is 4.99. The van der Waals surface area contributed by atoms with Crippen molar-refractivity contribution in [2.45, 2.75) is 0 Å². The highest BCUT2D eigenvalue weighted by molar-refractivity contribution is 5.91. The van der Waals surface area contributed by atoms with Crippen molar-refractivity contribution in [3.8, 4) is 0 Å². The number of hydrogen-bond donors (Lipinski definition) is 2. The van der Waals surface area contributed by atoms with Crippen LogP contribution in [0.2, 0.25) is 0 Å². The SMILES string of the molecule is CNc1cnc2oc(C(=O)O)cc2c1. The number of carbonyl (C=O) groups is 1. The number of anilines is 1. The topological polar surface area (TPSA) is 75.4 Å². The van der Waals surface area contributed by atoms with Gasteiger partial charge in [0.15, 0.2) is 0 Å². The molecule has 2 heterocycles. The lowest BCUT2D eigenvalue weighted by molar-refractivity contribution is 0.0664. The van der Waals surface area contributed by atoms with E-state index in [1.165, 1.54) is 6.07 Å². The van der Waals surface area contributed by atoms with Crippen LogP contribution in [0.4, 0.5) is 5.69 Å². The summed E-state index contributed by atoms with van der Waals surface area (Å²) in [5.41, 5.74) is 1.15. The second kappa shape index (κ2) is 3.02. The predicted molar refractivity (Wildman–Crippen MR) is 50.5 cm³/mol. The summed E-state index contributed by atoms with van der Waals surface area (Å²) >= 11 is 0. The van der Waals surface area contributed by atoms with Gasteiger partial charge in [-0.2, -0.15) is 0 Å². The van der Waals surface area contributed by atoms with E-state index < -0.39 is 5.97 Å². The van der Waals surface area contributed by atoms with E-state index in [2.05, 4.69) is 10.3 Å². The van der Waals surface area contributed by atoms with Crippen LogP contribution in [0, 0.1) is 0 Å². The Morgan fingerprint density at radius 2 is 2.36 bits per heavy atom. The summed E-state index contributed by atoms with van der Waals surface area (Å²) in [6.07, 6.45) is 1.58. The van der Waals surface area contributed by atoms with E-state index in [0.29, 0.717) is 11.1 Å². The summed E-state index contributed by atoms with van der Waals surface area (Å²) in [5, 5.41) is 12.3. The van der Waals surface area contributed by atoms with Crippen molar-refractivity contribution >= 4 is 22.8 Å². The van der Waals surface area contributed by atoms with Gasteiger partial charge in [-0.1, -0.05) is 0 Å². The maximum absolute atomic E-state index is 10.6. The zero-order valence-corrected chi connectivity index (χ0v) is 7.44. The molecule has 0 spiro atoms. The van der Waals surface area contributed by atoms with Gasteiger partial charge in [-0.3, -0.25) is 0 Å². The zero-order valence-electron chi connectivity index (χ0n) is 7.44. The quantitative estimate of drug-likeness (QED) is 0.755. The Hall–Kier alpha value is -2.04. The normalized spacial score (nSPS) is 10.4. The van der Waals surface area contributed by atoms with Crippen molar-refractivity contribution < 1.29 is 14.3 Å². The first-order valence-corrected chi connectivity index (χ1v) is 4.01. The highest BCUT2D eigenvalue weighted by atomic mass is 16.4. The van der Waals surface area contributed by atoms with Crippen LogP contribution in [-0.2, 0) is 0 Å². The van der Waals surface area contributed by atoms with Gasteiger partial charge in [-0.05, 0) is 6.07 Å². The van der Waals surface area contributed by atoms with E-state index in [0.717, 1.165) is 5.69 Å². The van der Waals surface area contributed by atoms with Crippen LogP contribution in [0.15, 0.2) is 22.7 Å². The molecule has 0 aliphatic heterocycles. The molecule has 0 atom stereocenters. The molecule has 5 heteroatoms. The largest absolute Gasteiger partial charge is 0.475 e. The molecule has 2 aromatic heterocycles. The Morgan fingerprint density at radius 1 is 1.57 bits per heavy atom. The summed E-state index contributed by atoms with van der Waals surface area (Å²) in [6.45, 7) is 0. The molecule has 2 N–H and O–H groups in total. The van der Waals surface area contributed by atoms with Crippen molar-refractivity contribution in [2.24, 2.45) is 0 Å². The van der Waals surface area contributed by atoms with Gasteiger partial charge in [0.2, 0.25) is 11.5 Å². The molecule has 0 unspecified atom stereocenters. The molecule has 0 radical (unpaired) electrons. The predicted octanol–water partition coefficient (Wildman–Crippen LogP) is 1.57. The summed E-state index contributed by atoms with van der Waals surface area (Å²) in [4.78, 5) is 14.6. The van der Waals surface area contributed by atoms with E-state index in [-0.39, 0.29) is 5.76 Å². The van der Waals surface area contributed by atoms with Gasteiger partial charge in [0.05, 0.1) is 11.9 Å². The van der Waals surface area contributed by atoms with Crippen molar-refractivity contribution in [3.05, 3.63) is 24.1 Å². The molecule has 0 bridgehead atoms. The molecule has 0 saturated heterocycles. The second-order valence-corrected chi connectivity index (χ2v) is 2.78. The number of rotatable bonds is 2. The standard InChI is InChI=1S/C9H8N2O3/c1-10-6-2-5-3-7(9(12)13)14-8(5)11-4-6/h2-4,10H,1H3,(H,12,13). The van der Waals surface area contributed by atoms with Crippen LogP contribution in [0.3, 0.4) is 0 Å². The van der Waals surface area contributed by atoms with Gasteiger partial charge >= 0.3 is 5.97 Å². The van der Waals surface area contributed by atoms with E-state index in [9.17, 15) is 4.79 Å². The zero-order chi connectivity index (χ0) is 10.1. The van der Waals surface area contributed by atoms with E-state index >= 15 is 0 Å². The van der Waals surface area contributed by atoms with Crippen LogP contribution in [0.1, 0.15) is 10.6 Å². The lowest BCUT2D eigenvalue weighted by atomic mass is 10.3. The van der Waals surface area contributed by atoms with Crippen molar-refractivity contribution in [2.75, 3.05) is 12.4 Å². The Bertz CT molecular complexity index is 490. The third kappa shape index (κ3) is 1.28. The maximum Gasteiger partial charge on any atom is 0.371 e. The van der Waals surface area contributed by atoms with Gasteiger partial charge in [-0.25, -0.2) is 9.78 Å². The molecule has 5 nitrogen and oxygen atoms in total. The molecule has 2 aromatic rings. The number of nitrogens with one attached hydrogen (secondary N) is 1. The van der Waals surface area contributed by atoms with Crippen LogP contribution >= 0.6 is 0 Å².